The summed E-state index contributed by atoms with van der Waals surface area (Å²) in [6, 6.07) is -1.01. The first-order valence-corrected chi connectivity index (χ1v) is 9.15. The highest BCUT2D eigenvalue weighted by molar-refractivity contribution is 5.82. The predicted octanol–water partition coefficient (Wildman–Crippen LogP) is 2.58. The Morgan fingerprint density at radius 2 is 1.59 bits per heavy atom. The molecule has 1 aliphatic heterocycles. The number of carbonyl (C=O) groups is 3. The van der Waals surface area contributed by atoms with Crippen LogP contribution in [0.5, 0.6) is 0 Å². The third-order valence-corrected chi connectivity index (χ3v) is 3.50. The van der Waals surface area contributed by atoms with Gasteiger partial charge in [-0.3, -0.25) is 4.79 Å². The second-order valence-corrected chi connectivity index (χ2v) is 9.24. The monoisotopic (exact) mass is 387 g/mol. The zero-order valence-corrected chi connectivity index (χ0v) is 17.5. The average Bonchev–Trinajstić information content (AvgIpc) is 2.43. The van der Waals surface area contributed by atoms with Crippen LogP contribution in [0.2, 0.25) is 0 Å². The maximum absolute atomic E-state index is 12.4. The molecule has 1 heterocycles. The third kappa shape index (κ3) is 9.60. The molecule has 1 atom stereocenters. The molecule has 0 radical (unpaired) electrons. The van der Waals surface area contributed by atoms with Gasteiger partial charge in [0.2, 0.25) is 0 Å². The average molecular weight is 387 g/mol. The molecule has 8 heteroatoms. The Morgan fingerprint density at radius 3 is 2.04 bits per heavy atom. The van der Waals surface area contributed by atoms with Crippen LogP contribution in [-0.4, -0.2) is 55.1 Å². The van der Waals surface area contributed by atoms with Gasteiger partial charge in [0.25, 0.3) is 0 Å². The number of hydrogen-bond donors (Lipinski definition) is 1. The molecule has 0 aromatic rings. The molecule has 0 aromatic heterocycles. The van der Waals surface area contributed by atoms with Crippen molar-refractivity contribution in [2.45, 2.75) is 78.6 Å². The van der Waals surface area contributed by atoms with Gasteiger partial charge in [-0.1, -0.05) is 6.92 Å². The van der Waals surface area contributed by atoms with Crippen LogP contribution >= 0.6 is 0 Å². The molecule has 1 N–H and O–H groups in total. The maximum atomic E-state index is 12.4. The van der Waals surface area contributed by atoms with Gasteiger partial charge >= 0.3 is 18.0 Å². The summed E-state index contributed by atoms with van der Waals surface area (Å²) in [6.07, 6.45) is -0.720. The van der Waals surface area contributed by atoms with E-state index in [2.05, 4.69) is 5.32 Å². The van der Waals surface area contributed by atoms with E-state index in [4.69, 9.17) is 18.9 Å². The van der Waals surface area contributed by atoms with Crippen LogP contribution in [0, 0.1) is 5.41 Å². The van der Waals surface area contributed by atoms with Gasteiger partial charge in [0, 0.05) is 11.8 Å². The number of carbonyl (C=O) groups excluding carboxylic acids is 3. The molecule has 27 heavy (non-hydrogen) atoms. The second kappa shape index (κ2) is 8.91. The van der Waals surface area contributed by atoms with Crippen molar-refractivity contribution in [3.05, 3.63) is 0 Å². The summed E-state index contributed by atoms with van der Waals surface area (Å²) in [4.78, 5) is 36.4. The van der Waals surface area contributed by atoms with E-state index in [-0.39, 0.29) is 24.9 Å². The van der Waals surface area contributed by atoms with Crippen molar-refractivity contribution in [2.24, 2.45) is 5.41 Å². The smallest absolute Gasteiger partial charge is 0.408 e. The Balaban J connectivity index is 2.59. The fourth-order valence-electron chi connectivity index (χ4n) is 2.19. The fourth-order valence-corrected chi connectivity index (χ4v) is 2.19. The molecule has 1 amide bonds. The van der Waals surface area contributed by atoms with Crippen molar-refractivity contribution in [3.63, 3.8) is 0 Å². The number of rotatable bonds is 7. The Bertz CT molecular complexity index is 541. The summed E-state index contributed by atoms with van der Waals surface area (Å²) in [6.45, 7) is 13.7. The topological polar surface area (TPSA) is 100 Å². The fraction of sp³-hybridized carbons (Fsp3) is 0.842. The zero-order chi connectivity index (χ0) is 20.9. The van der Waals surface area contributed by atoms with Gasteiger partial charge in [0.05, 0.1) is 13.2 Å². The van der Waals surface area contributed by atoms with E-state index in [9.17, 15) is 14.4 Å². The molecule has 0 unspecified atom stereocenters. The number of amides is 1. The van der Waals surface area contributed by atoms with Crippen molar-refractivity contribution in [1.29, 1.82) is 0 Å². The van der Waals surface area contributed by atoms with Gasteiger partial charge in [-0.25, -0.2) is 9.59 Å². The van der Waals surface area contributed by atoms with E-state index >= 15 is 0 Å². The summed E-state index contributed by atoms with van der Waals surface area (Å²) < 4.78 is 20.9. The normalized spacial score (nSPS) is 17.3. The summed E-state index contributed by atoms with van der Waals surface area (Å²) in [5.41, 5.74) is -1.57. The molecule has 1 rings (SSSR count). The Hall–Kier alpha value is -1.83. The molecular formula is C19H33NO7. The molecule has 156 valence electrons. The van der Waals surface area contributed by atoms with Crippen LogP contribution in [0.15, 0.2) is 0 Å². The highest BCUT2D eigenvalue weighted by atomic mass is 16.6. The van der Waals surface area contributed by atoms with Crippen LogP contribution < -0.4 is 5.32 Å². The molecule has 0 bridgehead atoms. The minimum atomic E-state index is -1.01. The minimum absolute atomic E-state index is 0.0311. The zero-order valence-electron chi connectivity index (χ0n) is 17.5. The van der Waals surface area contributed by atoms with Crippen molar-refractivity contribution < 1.29 is 33.3 Å². The largest absolute Gasteiger partial charge is 0.465 e. The number of hydrogen-bond acceptors (Lipinski definition) is 7. The van der Waals surface area contributed by atoms with Gasteiger partial charge in [0.1, 0.15) is 23.9 Å². The third-order valence-electron chi connectivity index (χ3n) is 3.50. The molecule has 0 aromatic carbocycles. The van der Waals surface area contributed by atoms with Crippen molar-refractivity contribution in [2.75, 3.05) is 19.8 Å². The SMILES string of the molecule is CC1(COC(=O)CC[C@H](NC(=O)OC(C)(C)C)C(=O)OC(C)(C)C)COC1. The highest BCUT2D eigenvalue weighted by Gasteiger charge is 2.35. The number of ether oxygens (including phenoxy) is 4. The standard InChI is InChI=1S/C19H33NO7/c1-17(2,3)26-15(22)13(20-16(23)27-18(4,5)6)8-9-14(21)25-12-19(7)10-24-11-19/h13H,8-12H2,1-7H3,(H,20,23)/t13-/m0/s1. The van der Waals surface area contributed by atoms with E-state index in [0.717, 1.165) is 0 Å². The van der Waals surface area contributed by atoms with Crippen LogP contribution in [-0.2, 0) is 28.5 Å². The van der Waals surface area contributed by atoms with Gasteiger partial charge in [-0.2, -0.15) is 0 Å². The van der Waals surface area contributed by atoms with E-state index < -0.39 is 35.3 Å². The maximum Gasteiger partial charge on any atom is 0.408 e. The van der Waals surface area contributed by atoms with Crippen LogP contribution in [0.3, 0.4) is 0 Å². The first-order chi connectivity index (χ1) is 12.2. The summed E-state index contributed by atoms with van der Waals surface area (Å²) >= 11 is 0. The van der Waals surface area contributed by atoms with E-state index in [1.807, 2.05) is 6.92 Å². The molecule has 0 aliphatic carbocycles. The number of esters is 2. The first kappa shape index (κ1) is 23.2. The van der Waals surface area contributed by atoms with Crippen molar-refractivity contribution >= 4 is 18.0 Å². The minimum Gasteiger partial charge on any atom is -0.465 e. The van der Waals surface area contributed by atoms with Gasteiger partial charge in [-0.15, -0.1) is 0 Å². The molecule has 1 fully saturated rings. The molecule has 8 nitrogen and oxygen atoms in total. The Labute approximate surface area is 161 Å². The lowest BCUT2D eigenvalue weighted by atomic mass is 9.90. The lowest BCUT2D eigenvalue weighted by Crippen LogP contribution is -2.46. The van der Waals surface area contributed by atoms with Crippen LogP contribution in [0.25, 0.3) is 0 Å². The lowest BCUT2D eigenvalue weighted by Gasteiger charge is -2.37. The van der Waals surface area contributed by atoms with E-state index in [1.54, 1.807) is 41.5 Å². The molecule has 1 aliphatic rings. The quantitative estimate of drug-likeness (QED) is 0.529. The Kier molecular flexibility index (Phi) is 7.66. The van der Waals surface area contributed by atoms with Gasteiger partial charge in [-0.05, 0) is 48.0 Å². The number of nitrogens with one attached hydrogen (secondary N) is 1. The number of alkyl carbamates (subject to hydrolysis) is 1. The molecular weight excluding hydrogens is 354 g/mol. The molecule has 1 saturated heterocycles. The first-order valence-electron chi connectivity index (χ1n) is 9.15. The van der Waals surface area contributed by atoms with Crippen LogP contribution in [0.1, 0.15) is 61.3 Å². The summed E-state index contributed by atoms with van der Waals surface area (Å²) in [5.74, 6) is -1.07. The van der Waals surface area contributed by atoms with E-state index in [1.165, 1.54) is 0 Å². The summed E-state index contributed by atoms with van der Waals surface area (Å²) in [5, 5.41) is 2.48. The van der Waals surface area contributed by atoms with Crippen molar-refractivity contribution in [3.8, 4) is 0 Å². The predicted molar refractivity (Wildman–Crippen MR) is 98.1 cm³/mol. The molecule has 0 saturated carbocycles. The molecule has 0 spiro atoms. The van der Waals surface area contributed by atoms with Crippen LogP contribution in [0.4, 0.5) is 4.79 Å². The Morgan fingerprint density at radius 1 is 1.04 bits per heavy atom. The lowest BCUT2D eigenvalue weighted by molar-refractivity contribution is -0.165. The van der Waals surface area contributed by atoms with Gasteiger partial charge < -0.3 is 24.3 Å². The van der Waals surface area contributed by atoms with E-state index in [0.29, 0.717) is 13.2 Å². The second-order valence-electron chi connectivity index (χ2n) is 9.24. The van der Waals surface area contributed by atoms with Crippen molar-refractivity contribution in [1.82, 2.24) is 5.32 Å². The van der Waals surface area contributed by atoms with Gasteiger partial charge in [0.15, 0.2) is 0 Å². The highest BCUT2D eigenvalue weighted by Crippen LogP contribution is 2.26. The summed E-state index contributed by atoms with van der Waals surface area (Å²) in [7, 11) is 0.